The van der Waals surface area contributed by atoms with Crippen molar-refractivity contribution in [1.82, 2.24) is 20.0 Å². The monoisotopic (exact) mass is 357 g/mol. The summed E-state index contributed by atoms with van der Waals surface area (Å²) >= 11 is 0. The molecule has 3 aromatic rings. The van der Waals surface area contributed by atoms with Crippen LogP contribution >= 0.6 is 0 Å². The van der Waals surface area contributed by atoms with Gasteiger partial charge in [-0.3, -0.25) is 9.59 Å². The molecule has 0 spiro atoms. The minimum Gasteiger partial charge on any atom is -0.310 e. The molecule has 26 heavy (non-hydrogen) atoms. The fraction of sp³-hybridized carbons (Fsp3) is 0.176. The van der Waals surface area contributed by atoms with Crippen molar-refractivity contribution in [2.45, 2.75) is 19.3 Å². The summed E-state index contributed by atoms with van der Waals surface area (Å²) in [5.41, 5.74) is 0.845. The van der Waals surface area contributed by atoms with Crippen molar-refractivity contribution in [3.8, 4) is 5.82 Å². The van der Waals surface area contributed by atoms with Gasteiger partial charge in [-0.25, -0.2) is 13.9 Å². The molecule has 0 aliphatic carbocycles. The van der Waals surface area contributed by atoms with Gasteiger partial charge in [0.1, 0.15) is 5.82 Å². The van der Waals surface area contributed by atoms with Gasteiger partial charge in [0.15, 0.2) is 17.5 Å². The number of aromatic amines is 1. The number of nitrogens with zero attached hydrogens (tertiary/aromatic N) is 3. The van der Waals surface area contributed by atoms with Gasteiger partial charge in [0, 0.05) is 24.0 Å². The Balaban J connectivity index is 1.91. The summed E-state index contributed by atoms with van der Waals surface area (Å²) in [4.78, 5) is 23.4. The number of rotatable bonds is 2. The van der Waals surface area contributed by atoms with Crippen molar-refractivity contribution in [2.75, 3.05) is 5.32 Å². The molecule has 1 amide bonds. The molecule has 1 aromatic carbocycles. The summed E-state index contributed by atoms with van der Waals surface area (Å²) < 4.78 is 29.4. The van der Waals surface area contributed by atoms with Crippen LogP contribution in [0, 0.1) is 18.6 Å². The molecule has 132 valence electrons. The zero-order chi connectivity index (χ0) is 18.4. The number of nitrogens with one attached hydrogen (secondary N) is 2. The van der Waals surface area contributed by atoms with Crippen LogP contribution < -0.4 is 10.9 Å². The lowest BCUT2D eigenvalue weighted by molar-refractivity contribution is -0.116. The van der Waals surface area contributed by atoms with Crippen LogP contribution in [0.2, 0.25) is 0 Å². The number of fused-ring (bicyclic) bond motifs is 1. The van der Waals surface area contributed by atoms with Crippen LogP contribution in [0.3, 0.4) is 0 Å². The molecule has 1 aliphatic rings. The third-order valence-electron chi connectivity index (χ3n) is 4.34. The van der Waals surface area contributed by atoms with Gasteiger partial charge in [0.05, 0.1) is 5.69 Å². The van der Waals surface area contributed by atoms with Crippen molar-refractivity contribution in [3.63, 3.8) is 0 Å². The maximum Gasteiger partial charge on any atom is 0.264 e. The smallest absolute Gasteiger partial charge is 0.264 e. The lowest BCUT2D eigenvalue weighted by Crippen LogP contribution is -2.26. The third kappa shape index (κ3) is 2.48. The normalized spacial score (nSPS) is 16.3. The Kier molecular flexibility index (Phi) is 3.64. The molecule has 2 aromatic heterocycles. The van der Waals surface area contributed by atoms with Crippen LogP contribution in [0.15, 0.2) is 35.1 Å². The zero-order valence-corrected chi connectivity index (χ0v) is 13.6. The number of halogens is 2. The quantitative estimate of drug-likeness (QED) is 0.734. The molecule has 0 saturated heterocycles. The summed E-state index contributed by atoms with van der Waals surface area (Å²) in [5.74, 6) is -2.36. The molecule has 7 nitrogen and oxygen atoms in total. The predicted octanol–water partition coefficient (Wildman–Crippen LogP) is 2.02. The molecule has 1 aliphatic heterocycles. The van der Waals surface area contributed by atoms with E-state index in [1.807, 2.05) is 0 Å². The van der Waals surface area contributed by atoms with Crippen molar-refractivity contribution in [3.05, 3.63) is 69.1 Å². The SMILES string of the molecule is Cc1nn(-c2ccc(=O)[nH]n2)c2c1C(c1cccc(F)c1F)CC(=O)N2. The van der Waals surface area contributed by atoms with Crippen LogP contribution in [0.25, 0.3) is 5.82 Å². The molecule has 9 heteroatoms. The lowest BCUT2D eigenvalue weighted by atomic mass is 9.85. The number of H-pyrrole nitrogens is 1. The average Bonchev–Trinajstić information content (AvgIpc) is 2.94. The largest absolute Gasteiger partial charge is 0.310 e. The van der Waals surface area contributed by atoms with Crippen LogP contribution in [0.4, 0.5) is 14.6 Å². The van der Waals surface area contributed by atoms with E-state index in [1.165, 1.54) is 28.9 Å². The number of amides is 1. The molecule has 0 bridgehead atoms. The number of benzene rings is 1. The van der Waals surface area contributed by atoms with Gasteiger partial charge in [-0.2, -0.15) is 14.9 Å². The van der Waals surface area contributed by atoms with E-state index >= 15 is 0 Å². The first-order chi connectivity index (χ1) is 12.5. The van der Waals surface area contributed by atoms with Crippen LogP contribution in [0.1, 0.15) is 29.2 Å². The van der Waals surface area contributed by atoms with Gasteiger partial charge < -0.3 is 5.32 Å². The fourth-order valence-corrected chi connectivity index (χ4v) is 3.22. The zero-order valence-electron chi connectivity index (χ0n) is 13.6. The van der Waals surface area contributed by atoms with Gasteiger partial charge in [0.2, 0.25) is 5.91 Å². The molecular weight excluding hydrogens is 344 g/mol. The first kappa shape index (κ1) is 16.1. The van der Waals surface area contributed by atoms with E-state index < -0.39 is 17.6 Å². The second-order valence-electron chi connectivity index (χ2n) is 5.99. The van der Waals surface area contributed by atoms with E-state index in [2.05, 4.69) is 20.6 Å². The first-order valence-electron chi connectivity index (χ1n) is 7.85. The first-order valence-corrected chi connectivity index (χ1v) is 7.85. The van der Waals surface area contributed by atoms with Gasteiger partial charge in [0.25, 0.3) is 5.56 Å². The van der Waals surface area contributed by atoms with Crippen molar-refractivity contribution < 1.29 is 13.6 Å². The number of aryl methyl sites for hydroxylation is 1. The van der Waals surface area contributed by atoms with E-state index in [4.69, 9.17) is 0 Å². The highest BCUT2D eigenvalue weighted by Crippen LogP contribution is 2.40. The highest BCUT2D eigenvalue weighted by Gasteiger charge is 2.34. The summed E-state index contributed by atoms with van der Waals surface area (Å²) in [7, 11) is 0. The van der Waals surface area contributed by atoms with Crippen LogP contribution in [0.5, 0.6) is 0 Å². The second-order valence-corrected chi connectivity index (χ2v) is 5.99. The van der Waals surface area contributed by atoms with Gasteiger partial charge >= 0.3 is 0 Å². The van der Waals surface area contributed by atoms with Crippen LogP contribution in [-0.2, 0) is 4.79 Å². The van der Waals surface area contributed by atoms with Crippen LogP contribution in [-0.4, -0.2) is 25.9 Å². The van der Waals surface area contributed by atoms with Crippen molar-refractivity contribution in [1.29, 1.82) is 0 Å². The Morgan fingerprint density at radius 1 is 1.19 bits per heavy atom. The summed E-state index contributed by atoms with van der Waals surface area (Å²) in [6.07, 6.45) is -0.0288. The van der Waals surface area contributed by atoms with Crippen molar-refractivity contribution in [2.24, 2.45) is 0 Å². The number of carbonyl (C=O) groups excluding carboxylic acids is 1. The topological polar surface area (TPSA) is 92.7 Å². The molecule has 1 unspecified atom stereocenters. The summed E-state index contributed by atoms with van der Waals surface area (Å²) in [5, 5.41) is 13.3. The molecule has 3 heterocycles. The Labute approximate surface area is 145 Å². The van der Waals surface area contributed by atoms with E-state index in [0.29, 0.717) is 17.1 Å². The van der Waals surface area contributed by atoms with E-state index in [9.17, 15) is 18.4 Å². The summed E-state index contributed by atoms with van der Waals surface area (Å²) in [6, 6.07) is 6.62. The van der Waals surface area contributed by atoms with Gasteiger partial charge in [-0.05, 0) is 24.6 Å². The predicted molar refractivity (Wildman–Crippen MR) is 88.2 cm³/mol. The maximum absolute atomic E-state index is 14.3. The van der Waals surface area contributed by atoms with E-state index in [1.54, 1.807) is 6.92 Å². The minimum absolute atomic E-state index is 0.0288. The number of aromatic nitrogens is 4. The Morgan fingerprint density at radius 2 is 2.00 bits per heavy atom. The lowest BCUT2D eigenvalue weighted by Gasteiger charge is -2.24. The number of hydrogen-bond donors (Lipinski definition) is 2. The highest BCUT2D eigenvalue weighted by molar-refractivity contribution is 5.95. The number of hydrogen-bond acceptors (Lipinski definition) is 4. The number of carbonyl (C=O) groups is 1. The average molecular weight is 357 g/mol. The molecule has 2 N–H and O–H groups in total. The fourth-order valence-electron chi connectivity index (χ4n) is 3.22. The van der Waals surface area contributed by atoms with Gasteiger partial charge in [-0.1, -0.05) is 12.1 Å². The van der Waals surface area contributed by atoms with Crippen molar-refractivity contribution >= 4 is 11.7 Å². The molecule has 4 rings (SSSR count). The molecule has 0 radical (unpaired) electrons. The minimum atomic E-state index is -0.979. The Bertz CT molecular complexity index is 1070. The number of anilines is 1. The Hall–Kier alpha value is -3.36. The molecular formula is C17H13F2N5O2. The standard InChI is InChI=1S/C17H13F2N5O2/c1-8-15-10(9-3-2-4-11(18)16(9)19)7-14(26)20-17(15)24(23-8)12-5-6-13(25)22-21-12/h2-6,10H,7H2,1H3,(H,20,26)(H,22,25). The summed E-state index contributed by atoms with van der Waals surface area (Å²) in [6.45, 7) is 1.71. The van der Waals surface area contributed by atoms with E-state index in [-0.39, 0.29) is 29.3 Å². The van der Waals surface area contributed by atoms with E-state index in [0.717, 1.165) is 6.07 Å². The maximum atomic E-state index is 14.3. The Morgan fingerprint density at radius 3 is 2.73 bits per heavy atom. The molecule has 1 atom stereocenters. The van der Waals surface area contributed by atoms with Gasteiger partial charge in [-0.15, -0.1) is 0 Å². The molecule has 0 saturated carbocycles. The second kappa shape index (κ2) is 5.87. The third-order valence-corrected chi connectivity index (χ3v) is 4.34. The molecule has 0 fully saturated rings. The highest BCUT2D eigenvalue weighted by atomic mass is 19.2.